The van der Waals surface area contributed by atoms with Gasteiger partial charge in [0.1, 0.15) is 4.75 Å². The van der Waals surface area contributed by atoms with Crippen molar-refractivity contribution in [1.82, 2.24) is 4.90 Å². The van der Waals surface area contributed by atoms with Crippen molar-refractivity contribution >= 4 is 23.5 Å². The number of nitrogens with zero attached hydrogens (tertiary/aromatic N) is 1. The molecule has 2 aromatic carbocycles. The number of nitrogens with two attached hydrogens (primary N) is 1. The summed E-state index contributed by atoms with van der Waals surface area (Å²) in [5, 5.41) is 0. The van der Waals surface area contributed by atoms with Crippen molar-refractivity contribution in [3.63, 3.8) is 0 Å². The van der Waals surface area contributed by atoms with Gasteiger partial charge in [-0.1, -0.05) is 35.9 Å². The van der Waals surface area contributed by atoms with Gasteiger partial charge in [-0.15, -0.1) is 0 Å². The molecule has 0 saturated carbocycles. The molecular weight excluding hydrogens is 632 g/mol. The summed E-state index contributed by atoms with van der Waals surface area (Å²) in [6.45, 7) is 0.816. The standard InChI is InChI=1S/C26H26F7N2O6PS/c1-15-2-6-19(7-3-15)43(38,39)23-10-11-35(22(36)17-13-40-42(34,37)41-14-17)21(23)9-4-16-12-18(5-8-20(16)23)24(27,25(28,29)30)26(31,32)33/h2-3,5-8,12,17,21H,4,9-11,13-14H2,1H3,(H2,34,37)/t17?,21-,23-,42?/m1/s1. The van der Waals surface area contributed by atoms with Gasteiger partial charge >= 0.3 is 25.8 Å². The highest BCUT2D eigenvalue weighted by atomic mass is 32.2. The third-order valence-electron chi connectivity index (χ3n) is 8.42. The van der Waals surface area contributed by atoms with Crippen LogP contribution in [0.25, 0.3) is 0 Å². The first-order valence-electron chi connectivity index (χ1n) is 13.0. The van der Waals surface area contributed by atoms with Crippen LogP contribution in [-0.4, -0.2) is 57.4 Å². The van der Waals surface area contributed by atoms with E-state index in [0.717, 1.165) is 11.6 Å². The summed E-state index contributed by atoms with van der Waals surface area (Å²) < 4.78 is 145. The van der Waals surface area contributed by atoms with E-state index in [1.54, 1.807) is 6.92 Å². The highest BCUT2D eigenvalue weighted by Gasteiger charge is 2.74. The molecule has 2 fully saturated rings. The van der Waals surface area contributed by atoms with E-state index in [1.165, 1.54) is 29.2 Å². The van der Waals surface area contributed by atoms with E-state index in [4.69, 9.17) is 14.6 Å². The van der Waals surface area contributed by atoms with Crippen LogP contribution in [0, 0.1) is 12.8 Å². The Morgan fingerprint density at radius 1 is 1.00 bits per heavy atom. The second-order valence-corrected chi connectivity index (χ2v) is 14.7. The lowest BCUT2D eigenvalue weighted by Crippen LogP contribution is -2.54. The Morgan fingerprint density at radius 2 is 1.58 bits per heavy atom. The summed E-state index contributed by atoms with van der Waals surface area (Å²) in [6, 6.07) is 6.11. The van der Waals surface area contributed by atoms with E-state index in [0.29, 0.717) is 12.1 Å². The predicted octanol–water partition coefficient (Wildman–Crippen LogP) is 5.23. The van der Waals surface area contributed by atoms with Crippen molar-refractivity contribution in [2.24, 2.45) is 11.4 Å². The van der Waals surface area contributed by atoms with Crippen LogP contribution in [0.1, 0.15) is 35.1 Å². The highest BCUT2D eigenvalue weighted by molar-refractivity contribution is 7.92. The van der Waals surface area contributed by atoms with E-state index in [1.807, 2.05) is 0 Å². The van der Waals surface area contributed by atoms with Gasteiger partial charge in [-0.25, -0.2) is 22.9 Å². The number of carbonyl (C=O) groups excluding carboxylic acids is 1. The number of rotatable bonds is 4. The van der Waals surface area contributed by atoms with Crippen LogP contribution < -0.4 is 5.50 Å². The van der Waals surface area contributed by atoms with Crippen LogP contribution in [0.4, 0.5) is 30.7 Å². The summed E-state index contributed by atoms with van der Waals surface area (Å²) in [4.78, 5) is 14.7. The number of fused-ring (bicyclic) bond motifs is 3. The third kappa shape index (κ3) is 4.89. The number of aryl methyl sites for hydroxylation is 2. The Bertz CT molecular complexity index is 1570. The first-order chi connectivity index (χ1) is 19.8. The SMILES string of the molecule is Cc1ccc(S(=O)(=O)[C@@]23CCN(C(=O)C4COP(N)(=O)OC4)[C@@H]2CCc2cc(C(F)(C(F)(F)F)C(F)(F)F)ccc23)cc1. The maximum absolute atomic E-state index is 15.0. The molecule has 2 N–H and O–H groups in total. The van der Waals surface area contributed by atoms with Gasteiger partial charge in [-0.3, -0.25) is 13.8 Å². The Hall–Kier alpha value is -2.52. The van der Waals surface area contributed by atoms with Crippen molar-refractivity contribution in [2.75, 3.05) is 19.8 Å². The van der Waals surface area contributed by atoms with Crippen molar-refractivity contribution in [1.29, 1.82) is 0 Å². The largest absolute Gasteiger partial charge is 0.435 e. The fourth-order valence-corrected chi connectivity index (χ4v) is 9.49. The van der Waals surface area contributed by atoms with E-state index in [9.17, 15) is 48.5 Å². The van der Waals surface area contributed by atoms with Gasteiger partial charge in [0.25, 0.3) is 0 Å². The van der Waals surface area contributed by atoms with Crippen LogP contribution in [0.5, 0.6) is 0 Å². The molecule has 43 heavy (non-hydrogen) atoms. The number of carbonyl (C=O) groups is 1. The number of amides is 1. The van der Waals surface area contributed by atoms with Gasteiger partial charge in [0, 0.05) is 12.1 Å². The van der Waals surface area contributed by atoms with Crippen LogP contribution >= 0.6 is 7.75 Å². The lowest BCUT2D eigenvalue weighted by atomic mass is 9.76. The summed E-state index contributed by atoms with van der Waals surface area (Å²) in [6.07, 6.45) is -13.4. The second kappa shape index (κ2) is 10.3. The zero-order chi connectivity index (χ0) is 31.8. The lowest BCUT2D eigenvalue weighted by molar-refractivity contribution is -0.348. The number of halogens is 7. The second-order valence-electron chi connectivity index (χ2n) is 10.9. The molecule has 2 heterocycles. The summed E-state index contributed by atoms with van der Waals surface area (Å²) in [5.74, 6) is -1.61. The molecule has 5 rings (SSSR count). The molecule has 2 atom stereocenters. The molecule has 0 spiro atoms. The minimum Gasteiger partial charge on any atom is -0.337 e. The number of benzene rings is 2. The van der Waals surface area contributed by atoms with Crippen molar-refractivity contribution in [2.45, 2.75) is 59.9 Å². The summed E-state index contributed by atoms with van der Waals surface area (Å²) in [5.41, 5.74) is -1.68. The monoisotopic (exact) mass is 658 g/mol. The Kier molecular flexibility index (Phi) is 7.61. The van der Waals surface area contributed by atoms with Crippen LogP contribution in [0.3, 0.4) is 0 Å². The Balaban J connectivity index is 1.65. The molecule has 3 aliphatic rings. The molecule has 1 amide bonds. The maximum Gasteiger partial charge on any atom is 0.435 e. The van der Waals surface area contributed by atoms with Crippen LogP contribution in [0.15, 0.2) is 47.4 Å². The molecule has 2 aromatic rings. The number of hydrogen-bond acceptors (Lipinski definition) is 6. The third-order valence-corrected chi connectivity index (χ3v) is 12.0. The van der Waals surface area contributed by atoms with Gasteiger partial charge in [0.15, 0.2) is 9.84 Å². The molecule has 0 unspecified atom stereocenters. The molecule has 2 aliphatic heterocycles. The van der Waals surface area contributed by atoms with Gasteiger partial charge in [-0.05, 0) is 49.4 Å². The van der Waals surface area contributed by atoms with Crippen LogP contribution in [0.2, 0.25) is 0 Å². The molecule has 0 aromatic heterocycles. The minimum atomic E-state index is -6.35. The first kappa shape index (κ1) is 31.9. The van der Waals surface area contributed by atoms with Gasteiger partial charge < -0.3 is 4.90 Å². The van der Waals surface area contributed by atoms with E-state index in [-0.39, 0.29) is 55.0 Å². The number of alkyl halides is 7. The molecule has 17 heteroatoms. The Labute approximate surface area is 241 Å². The molecule has 1 aliphatic carbocycles. The molecule has 236 valence electrons. The summed E-state index contributed by atoms with van der Waals surface area (Å²) in [7, 11) is -8.32. The van der Waals surface area contributed by atoms with Gasteiger partial charge in [0.2, 0.25) is 5.91 Å². The lowest BCUT2D eigenvalue weighted by Gasteiger charge is -2.43. The van der Waals surface area contributed by atoms with Gasteiger partial charge in [-0.2, -0.15) is 26.3 Å². The zero-order valence-electron chi connectivity index (χ0n) is 22.4. The van der Waals surface area contributed by atoms with E-state index >= 15 is 0 Å². The van der Waals surface area contributed by atoms with Crippen LogP contribution in [-0.2, 0) is 45.1 Å². The number of hydrogen-bond donors (Lipinski definition) is 1. The van der Waals surface area contributed by atoms with Crippen molar-refractivity contribution in [3.05, 3.63) is 64.7 Å². The Morgan fingerprint density at radius 3 is 2.14 bits per heavy atom. The molecule has 8 nitrogen and oxygen atoms in total. The molecule has 2 saturated heterocycles. The zero-order valence-corrected chi connectivity index (χ0v) is 24.1. The fraction of sp³-hybridized carbons (Fsp3) is 0.500. The van der Waals surface area contributed by atoms with E-state index in [2.05, 4.69) is 0 Å². The van der Waals surface area contributed by atoms with E-state index < -0.39 is 63.8 Å². The molecule has 0 bridgehead atoms. The minimum absolute atomic E-state index is 0.113. The number of likely N-dealkylation sites (tertiary alicyclic amines) is 1. The maximum atomic E-state index is 15.0. The smallest absolute Gasteiger partial charge is 0.337 e. The van der Waals surface area contributed by atoms with Crippen molar-refractivity contribution < 1.29 is 57.6 Å². The normalized spacial score (nSPS) is 28.3. The molecular formula is C26H26F7N2O6PS. The fourth-order valence-electron chi connectivity index (χ4n) is 6.27. The van der Waals surface area contributed by atoms with Crippen molar-refractivity contribution in [3.8, 4) is 0 Å². The molecule has 0 radical (unpaired) electrons. The summed E-state index contributed by atoms with van der Waals surface area (Å²) >= 11 is 0. The quantitative estimate of drug-likeness (QED) is 0.354. The highest BCUT2D eigenvalue weighted by Crippen LogP contribution is 2.57. The van der Waals surface area contributed by atoms with Gasteiger partial charge in [0.05, 0.1) is 30.1 Å². The average molecular weight is 659 g/mol. The topological polar surface area (TPSA) is 116 Å². The first-order valence-corrected chi connectivity index (χ1v) is 16.1. The number of sulfone groups is 1. The average Bonchev–Trinajstić information content (AvgIpc) is 3.32. The predicted molar refractivity (Wildman–Crippen MR) is 137 cm³/mol.